The van der Waals surface area contributed by atoms with Crippen molar-refractivity contribution in [3.63, 3.8) is 0 Å². The van der Waals surface area contributed by atoms with E-state index in [-0.39, 0.29) is 17.3 Å². The average molecular weight is 450 g/mol. The number of carbonyl (C=O) groups is 1. The summed E-state index contributed by atoms with van der Waals surface area (Å²) in [5, 5.41) is 14.7. The summed E-state index contributed by atoms with van der Waals surface area (Å²) in [4.78, 5) is 31.1. The molecule has 33 heavy (non-hydrogen) atoms. The Morgan fingerprint density at radius 2 is 1.85 bits per heavy atom. The molecule has 9 nitrogen and oxygen atoms in total. The molecule has 1 saturated heterocycles. The van der Waals surface area contributed by atoms with E-state index in [4.69, 9.17) is 4.74 Å². The molecular formula is C24H27N5O4. The largest absolute Gasteiger partial charge is 0.378 e. The minimum absolute atomic E-state index is 0.0784. The van der Waals surface area contributed by atoms with Crippen LogP contribution in [0.4, 0.5) is 17.3 Å². The number of hydrogen-bond acceptors (Lipinski definition) is 6. The molecule has 5 rings (SSSR count). The molecule has 1 aliphatic carbocycles. The molecule has 2 aromatic carbocycles. The van der Waals surface area contributed by atoms with Crippen molar-refractivity contribution in [1.29, 1.82) is 0 Å². The van der Waals surface area contributed by atoms with Crippen LogP contribution in [0.3, 0.4) is 0 Å². The Morgan fingerprint density at radius 1 is 1.09 bits per heavy atom. The highest BCUT2D eigenvalue weighted by atomic mass is 16.6. The summed E-state index contributed by atoms with van der Waals surface area (Å²) < 4.78 is 7.48. The summed E-state index contributed by atoms with van der Waals surface area (Å²) in [6.45, 7) is 2.21. The number of anilines is 2. The van der Waals surface area contributed by atoms with Gasteiger partial charge in [0.15, 0.2) is 0 Å². The Hall–Kier alpha value is -3.46. The number of carbonyl (C=O) groups excluding carboxylic acids is 1. The zero-order chi connectivity index (χ0) is 22.8. The third-order valence-electron chi connectivity index (χ3n) is 6.55. The lowest BCUT2D eigenvalue weighted by Crippen LogP contribution is -2.36. The quantitative estimate of drug-likeness (QED) is 0.453. The minimum atomic E-state index is -0.432. The van der Waals surface area contributed by atoms with Crippen LogP contribution in [-0.2, 0) is 4.74 Å². The first-order valence-corrected chi connectivity index (χ1v) is 11.5. The zero-order valence-corrected chi connectivity index (χ0v) is 18.4. The van der Waals surface area contributed by atoms with E-state index in [1.807, 2.05) is 29.2 Å². The third kappa shape index (κ3) is 4.28. The zero-order valence-electron chi connectivity index (χ0n) is 18.4. The highest BCUT2D eigenvalue weighted by Crippen LogP contribution is 2.35. The van der Waals surface area contributed by atoms with E-state index in [0.717, 1.165) is 36.7 Å². The maximum absolute atomic E-state index is 13.2. The van der Waals surface area contributed by atoms with Gasteiger partial charge in [0, 0.05) is 30.8 Å². The predicted molar refractivity (Wildman–Crippen MR) is 126 cm³/mol. The fraction of sp³-hybridized carbons (Fsp3) is 0.417. The predicted octanol–water partition coefficient (Wildman–Crippen LogP) is 4.54. The number of nitrogens with one attached hydrogen (secondary N) is 1. The summed E-state index contributed by atoms with van der Waals surface area (Å²) in [7, 11) is 0. The molecule has 2 fully saturated rings. The number of imidazole rings is 1. The fourth-order valence-electron chi connectivity index (χ4n) is 4.90. The van der Waals surface area contributed by atoms with Crippen LogP contribution in [0.2, 0.25) is 0 Å². The second kappa shape index (κ2) is 9.19. The van der Waals surface area contributed by atoms with Gasteiger partial charge in [-0.25, -0.2) is 4.98 Å². The normalized spacial score (nSPS) is 17.3. The molecule has 172 valence electrons. The van der Waals surface area contributed by atoms with Crippen molar-refractivity contribution in [2.45, 2.75) is 38.1 Å². The summed E-state index contributed by atoms with van der Waals surface area (Å²) >= 11 is 0. The second-order valence-electron chi connectivity index (χ2n) is 8.60. The number of nitro groups is 1. The number of benzene rings is 2. The summed E-state index contributed by atoms with van der Waals surface area (Å²) in [6, 6.07) is 12.8. The van der Waals surface area contributed by atoms with Gasteiger partial charge in [-0.3, -0.25) is 20.2 Å². The number of rotatable bonds is 5. The van der Waals surface area contributed by atoms with E-state index in [2.05, 4.69) is 14.9 Å². The molecule has 1 aliphatic heterocycles. The lowest BCUT2D eigenvalue weighted by atomic mass is 9.95. The topological polar surface area (TPSA) is 103 Å². The molecule has 3 aromatic rings. The Bertz CT molecular complexity index is 1180. The molecule has 2 aliphatic rings. The SMILES string of the molecule is O=C(Nc1nc2ccccc2n1C1CCCCC1)c1ccc(N2CCOCC2)c([N+](=O)[O-])c1. The molecule has 0 atom stereocenters. The first-order chi connectivity index (χ1) is 16.1. The van der Waals surface area contributed by atoms with Crippen molar-refractivity contribution in [3.8, 4) is 0 Å². The standard InChI is InChI=1S/C24H27N5O4/c30-23(17-10-11-21(22(16-17)29(31)32)27-12-14-33-15-13-27)26-24-25-19-8-4-5-9-20(19)28(24)18-6-2-1-3-7-18/h4-5,8-11,16,18H,1-3,6-7,12-15H2,(H,25,26,30). The van der Waals surface area contributed by atoms with E-state index in [1.54, 1.807) is 12.1 Å². The van der Waals surface area contributed by atoms with Gasteiger partial charge < -0.3 is 14.2 Å². The Morgan fingerprint density at radius 3 is 2.61 bits per heavy atom. The lowest BCUT2D eigenvalue weighted by Gasteiger charge is -2.28. The van der Waals surface area contributed by atoms with Crippen molar-refractivity contribution in [1.82, 2.24) is 9.55 Å². The van der Waals surface area contributed by atoms with Gasteiger partial charge in [-0.05, 0) is 37.1 Å². The van der Waals surface area contributed by atoms with Gasteiger partial charge in [0.2, 0.25) is 5.95 Å². The number of para-hydroxylation sites is 2. The maximum atomic E-state index is 13.2. The number of ether oxygens (including phenoxy) is 1. The smallest absolute Gasteiger partial charge is 0.293 e. The van der Waals surface area contributed by atoms with Crippen LogP contribution in [0.15, 0.2) is 42.5 Å². The summed E-state index contributed by atoms with van der Waals surface area (Å²) in [6.07, 6.45) is 5.62. The van der Waals surface area contributed by atoms with E-state index in [0.29, 0.717) is 37.9 Å². The molecule has 1 saturated carbocycles. The van der Waals surface area contributed by atoms with Crippen LogP contribution in [0.5, 0.6) is 0 Å². The van der Waals surface area contributed by atoms with Gasteiger partial charge in [-0.2, -0.15) is 0 Å². The highest BCUT2D eigenvalue weighted by Gasteiger charge is 2.26. The number of aromatic nitrogens is 2. The lowest BCUT2D eigenvalue weighted by molar-refractivity contribution is -0.384. The van der Waals surface area contributed by atoms with Crippen LogP contribution in [0.25, 0.3) is 11.0 Å². The minimum Gasteiger partial charge on any atom is -0.378 e. The van der Waals surface area contributed by atoms with Crippen LogP contribution >= 0.6 is 0 Å². The van der Waals surface area contributed by atoms with Crippen LogP contribution in [-0.4, -0.2) is 46.7 Å². The summed E-state index contributed by atoms with van der Waals surface area (Å²) in [5.74, 6) is 0.0898. The molecule has 0 bridgehead atoms. The maximum Gasteiger partial charge on any atom is 0.293 e. The van der Waals surface area contributed by atoms with Crippen LogP contribution < -0.4 is 10.2 Å². The molecule has 0 radical (unpaired) electrons. The first-order valence-electron chi connectivity index (χ1n) is 11.5. The van der Waals surface area contributed by atoms with Crippen molar-refractivity contribution in [2.75, 3.05) is 36.5 Å². The number of fused-ring (bicyclic) bond motifs is 1. The number of nitrogens with zero attached hydrogens (tertiary/aromatic N) is 4. The fourth-order valence-corrected chi connectivity index (χ4v) is 4.90. The second-order valence-corrected chi connectivity index (χ2v) is 8.60. The van der Waals surface area contributed by atoms with E-state index in [1.165, 1.54) is 12.5 Å². The van der Waals surface area contributed by atoms with Gasteiger partial charge in [0.25, 0.3) is 11.6 Å². The summed E-state index contributed by atoms with van der Waals surface area (Å²) in [5.41, 5.74) is 2.49. The van der Waals surface area contributed by atoms with Gasteiger partial charge in [-0.15, -0.1) is 0 Å². The van der Waals surface area contributed by atoms with Gasteiger partial charge >= 0.3 is 0 Å². The van der Waals surface area contributed by atoms with Crippen LogP contribution in [0, 0.1) is 10.1 Å². The highest BCUT2D eigenvalue weighted by molar-refractivity contribution is 6.05. The van der Waals surface area contributed by atoms with E-state index >= 15 is 0 Å². The first kappa shape index (κ1) is 21.4. The van der Waals surface area contributed by atoms with Gasteiger partial charge in [0.1, 0.15) is 5.69 Å². The Kier molecular flexibility index (Phi) is 5.95. The average Bonchev–Trinajstić information content (AvgIpc) is 3.22. The van der Waals surface area contributed by atoms with Crippen molar-refractivity contribution in [2.24, 2.45) is 0 Å². The number of morpholine rings is 1. The van der Waals surface area contributed by atoms with Gasteiger partial charge in [0.05, 0.1) is 29.2 Å². The third-order valence-corrected chi connectivity index (χ3v) is 6.55. The van der Waals surface area contributed by atoms with E-state index < -0.39 is 10.8 Å². The molecule has 9 heteroatoms. The molecule has 0 spiro atoms. The molecule has 1 amide bonds. The van der Waals surface area contributed by atoms with Crippen molar-refractivity contribution in [3.05, 3.63) is 58.1 Å². The molecule has 1 N–H and O–H groups in total. The Labute approximate surface area is 191 Å². The number of amides is 1. The molecule has 1 aromatic heterocycles. The Balaban J connectivity index is 1.46. The van der Waals surface area contributed by atoms with Crippen molar-refractivity contribution < 1.29 is 14.5 Å². The van der Waals surface area contributed by atoms with Crippen LogP contribution in [0.1, 0.15) is 48.5 Å². The molecular weight excluding hydrogens is 422 g/mol. The van der Waals surface area contributed by atoms with Gasteiger partial charge in [-0.1, -0.05) is 31.4 Å². The molecule has 2 heterocycles. The monoisotopic (exact) mass is 449 g/mol. The number of nitro benzene ring substituents is 1. The van der Waals surface area contributed by atoms with Crippen molar-refractivity contribution >= 4 is 34.3 Å². The molecule has 0 unspecified atom stereocenters. The van der Waals surface area contributed by atoms with E-state index in [9.17, 15) is 14.9 Å². The number of hydrogen-bond donors (Lipinski definition) is 1.